The zero-order chi connectivity index (χ0) is 19.4. The quantitative estimate of drug-likeness (QED) is 0.836. The molecule has 0 spiro atoms. The number of carbonyl (C=O) groups excluding carboxylic acids is 1. The zero-order valence-corrected chi connectivity index (χ0v) is 16.6. The second-order valence-electron chi connectivity index (χ2n) is 8.35. The minimum atomic E-state index is -0.466. The molecule has 3 rings (SSSR count). The van der Waals surface area contributed by atoms with Gasteiger partial charge < -0.3 is 15.5 Å². The fourth-order valence-electron chi connectivity index (χ4n) is 2.94. The predicted octanol–water partition coefficient (Wildman–Crippen LogP) is 4.44. The number of benzene rings is 1. The maximum Gasteiger partial charge on any atom is 0.230 e. The highest BCUT2D eigenvalue weighted by atomic mass is 16.2. The van der Waals surface area contributed by atoms with E-state index in [-0.39, 0.29) is 5.91 Å². The van der Waals surface area contributed by atoms with Crippen LogP contribution in [0.25, 0.3) is 0 Å². The fraction of sp³-hybridized carbons (Fsp3) is 0.476. The number of carbonyl (C=O) groups is 1. The molecule has 0 radical (unpaired) electrons. The first-order chi connectivity index (χ1) is 12.8. The van der Waals surface area contributed by atoms with Gasteiger partial charge in [0.1, 0.15) is 0 Å². The lowest BCUT2D eigenvalue weighted by Gasteiger charge is -2.32. The molecule has 6 heteroatoms. The first-order valence-corrected chi connectivity index (χ1v) is 9.58. The Morgan fingerprint density at radius 2 is 1.59 bits per heavy atom. The van der Waals surface area contributed by atoms with Gasteiger partial charge in [0.2, 0.25) is 5.91 Å². The van der Waals surface area contributed by atoms with Gasteiger partial charge in [0, 0.05) is 29.9 Å². The largest absolute Gasteiger partial charge is 0.372 e. The standard InChI is InChI=1S/C21H29N5O/c1-15-11-13-26(14-12-15)17-7-5-16(6-8-17)22-18-9-10-19(25-24-18)23-20(27)21(2,3)4/h5-10,15H,11-14H2,1-4H3,(H,22,24)(H,23,25,27). The average Bonchev–Trinajstić information content (AvgIpc) is 2.64. The Labute approximate surface area is 161 Å². The Kier molecular flexibility index (Phi) is 5.63. The molecule has 1 aromatic heterocycles. The Morgan fingerprint density at radius 3 is 2.15 bits per heavy atom. The van der Waals surface area contributed by atoms with Gasteiger partial charge in [-0.1, -0.05) is 27.7 Å². The van der Waals surface area contributed by atoms with E-state index in [1.807, 2.05) is 26.8 Å². The van der Waals surface area contributed by atoms with E-state index in [0.29, 0.717) is 11.6 Å². The summed E-state index contributed by atoms with van der Waals surface area (Å²) < 4.78 is 0. The van der Waals surface area contributed by atoms with Crippen LogP contribution in [-0.4, -0.2) is 29.2 Å². The van der Waals surface area contributed by atoms with Crippen LogP contribution in [-0.2, 0) is 4.79 Å². The third-order valence-corrected chi connectivity index (χ3v) is 4.88. The Hall–Kier alpha value is -2.63. The molecule has 0 bridgehead atoms. The molecule has 1 aromatic carbocycles. The van der Waals surface area contributed by atoms with Crippen LogP contribution < -0.4 is 15.5 Å². The van der Waals surface area contributed by atoms with Crippen molar-refractivity contribution in [3.8, 4) is 0 Å². The lowest BCUT2D eigenvalue weighted by atomic mass is 9.96. The van der Waals surface area contributed by atoms with Crippen LogP contribution in [0.4, 0.5) is 23.0 Å². The van der Waals surface area contributed by atoms with Gasteiger partial charge in [-0.05, 0) is 55.2 Å². The van der Waals surface area contributed by atoms with Crippen LogP contribution in [0.1, 0.15) is 40.5 Å². The summed E-state index contributed by atoms with van der Waals surface area (Å²) in [5.74, 6) is 1.84. The zero-order valence-electron chi connectivity index (χ0n) is 16.6. The molecule has 2 N–H and O–H groups in total. The Morgan fingerprint density at radius 1 is 1.00 bits per heavy atom. The molecule has 1 aliphatic rings. The number of hydrogen-bond donors (Lipinski definition) is 2. The van der Waals surface area contributed by atoms with Crippen molar-refractivity contribution in [3.05, 3.63) is 36.4 Å². The maximum absolute atomic E-state index is 12.0. The van der Waals surface area contributed by atoms with E-state index in [1.165, 1.54) is 18.5 Å². The van der Waals surface area contributed by atoms with E-state index in [0.717, 1.165) is 24.7 Å². The lowest BCUT2D eigenvalue weighted by molar-refractivity contribution is -0.123. The smallest absolute Gasteiger partial charge is 0.230 e. The van der Waals surface area contributed by atoms with Gasteiger partial charge >= 0.3 is 0 Å². The molecule has 1 amide bonds. The van der Waals surface area contributed by atoms with Gasteiger partial charge in [-0.3, -0.25) is 4.79 Å². The van der Waals surface area contributed by atoms with Crippen LogP contribution in [0.15, 0.2) is 36.4 Å². The molecular weight excluding hydrogens is 338 g/mol. The van der Waals surface area contributed by atoms with Gasteiger partial charge in [0.25, 0.3) is 0 Å². The van der Waals surface area contributed by atoms with Gasteiger partial charge in [0.15, 0.2) is 11.6 Å². The second kappa shape index (κ2) is 7.94. The average molecular weight is 367 g/mol. The van der Waals surface area contributed by atoms with Gasteiger partial charge in [-0.25, -0.2) is 0 Å². The summed E-state index contributed by atoms with van der Waals surface area (Å²) in [6.07, 6.45) is 2.52. The van der Waals surface area contributed by atoms with Crippen molar-refractivity contribution in [1.82, 2.24) is 10.2 Å². The van der Waals surface area contributed by atoms with Gasteiger partial charge in [-0.2, -0.15) is 0 Å². The monoisotopic (exact) mass is 367 g/mol. The Bertz CT molecular complexity index is 757. The number of piperidine rings is 1. The molecule has 0 saturated carbocycles. The molecule has 0 atom stereocenters. The summed E-state index contributed by atoms with van der Waals surface area (Å²) in [5.41, 5.74) is 1.76. The summed E-state index contributed by atoms with van der Waals surface area (Å²) in [6.45, 7) is 10.2. The van der Waals surface area contributed by atoms with E-state index in [2.05, 4.69) is 56.9 Å². The van der Waals surface area contributed by atoms with Crippen LogP contribution >= 0.6 is 0 Å². The predicted molar refractivity (Wildman–Crippen MR) is 110 cm³/mol. The lowest BCUT2D eigenvalue weighted by Crippen LogP contribution is -2.32. The van der Waals surface area contributed by atoms with Gasteiger partial charge in [0.05, 0.1) is 0 Å². The van der Waals surface area contributed by atoms with E-state index >= 15 is 0 Å². The number of nitrogens with zero attached hydrogens (tertiary/aromatic N) is 3. The van der Waals surface area contributed by atoms with E-state index in [4.69, 9.17) is 0 Å². The minimum Gasteiger partial charge on any atom is -0.372 e. The van der Waals surface area contributed by atoms with Crippen LogP contribution in [0, 0.1) is 11.3 Å². The summed E-state index contributed by atoms with van der Waals surface area (Å²) in [5, 5.41) is 14.2. The topological polar surface area (TPSA) is 70.2 Å². The highest BCUT2D eigenvalue weighted by Crippen LogP contribution is 2.25. The van der Waals surface area contributed by atoms with Crippen LogP contribution in [0.5, 0.6) is 0 Å². The van der Waals surface area contributed by atoms with Crippen molar-refractivity contribution in [1.29, 1.82) is 0 Å². The first-order valence-electron chi connectivity index (χ1n) is 9.58. The number of anilines is 4. The molecule has 1 fully saturated rings. The molecule has 1 aliphatic heterocycles. The van der Waals surface area contributed by atoms with E-state index in [9.17, 15) is 4.79 Å². The molecule has 27 heavy (non-hydrogen) atoms. The SMILES string of the molecule is CC1CCN(c2ccc(Nc3ccc(NC(=O)C(C)(C)C)nn3)cc2)CC1. The molecule has 2 aromatic rings. The molecule has 0 aliphatic carbocycles. The van der Waals surface area contributed by atoms with Gasteiger partial charge in [-0.15, -0.1) is 10.2 Å². The number of amides is 1. The normalized spacial score (nSPS) is 15.5. The van der Waals surface area contributed by atoms with Crippen LogP contribution in [0.2, 0.25) is 0 Å². The third kappa shape index (κ3) is 5.18. The summed E-state index contributed by atoms with van der Waals surface area (Å²) in [6, 6.07) is 12.0. The highest BCUT2D eigenvalue weighted by Gasteiger charge is 2.21. The number of hydrogen-bond acceptors (Lipinski definition) is 5. The molecular formula is C21H29N5O. The maximum atomic E-state index is 12.0. The van der Waals surface area contributed by atoms with Crippen molar-refractivity contribution in [2.24, 2.45) is 11.3 Å². The van der Waals surface area contributed by atoms with Crippen molar-refractivity contribution < 1.29 is 4.79 Å². The second-order valence-corrected chi connectivity index (χ2v) is 8.35. The molecule has 144 valence electrons. The summed E-state index contributed by atoms with van der Waals surface area (Å²) in [7, 11) is 0. The molecule has 2 heterocycles. The number of aromatic nitrogens is 2. The molecule has 1 saturated heterocycles. The Balaban J connectivity index is 1.58. The highest BCUT2D eigenvalue weighted by molar-refractivity contribution is 5.93. The molecule has 0 unspecified atom stereocenters. The number of nitrogens with one attached hydrogen (secondary N) is 2. The van der Waals surface area contributed by atoms with E-state index < -0.39 is 5.41 Å². The summed E-state index contributed by atoms with van der Waals surface area (Å²) in [4.78, 5) is 14.4. The van der Waals surface area contributed by atoms with Crippen LogP contribution in [0.3, 0.4) is 0 Å². The third-order valence-electron chi connectivity index (χ3n) is 4.88. The van der Waals surface area contributed by atoms with E-state index in [1.54, 1.807) is 6.07 Å². The van der Waals surface area contributed by atoms with Crippen molar-refractivity contribution >= 4 is 28.9 Å². The molecule has 6 nitrogen and oxygen atoms in total. The van der Waals surface area contributed by atoms with Crippen molar-refractivity contribution in [2.45, 2.75) is 40.5 Å². The number of rotatable bonds is 4. The van der Waals surface area contributed by atoms with Crippen molar-refractivity contribution in [2.75, 3.05) is 28.6 Å². The van der Waals surface area contributed by atoms with Crippen molar-refractivity contribution in [3.63, 3.8) is 0 Å². The summed E-state index contributed by atoms with van der Waals surface area (Å²) >= 11 is 0. The minimum absolute atomic E-state index is 0.0831. The fourth-order valence-corrected chi connectivity index (χ4v) is 2.94. The first kappa shape index (κ1) is 19.1.